The molecule has 1 atom stereocenters. The van der Waals surface area contributed by atoms with Gasteiger partial charge in [0.15, 0.2) is 0 Å². The van der Waals surface area contributed by atoms with Crippen molar-refractivity contribution in [1.29, 1.82) is 5.26 Å². The zero-order chi connectivity index (χ0) is 14.7. The lowest BCUT2D eigenvalue weighted by Crippen LogP contribution is -2.28. The van der Waals surface area contributed by atoms with Gasteiger partial charge in [-0.2, -0.15) is 14.6 Å². The summed E-state index contributed by atoms with van der Waals surface area (Å²) in [6, 6.07) is 7.36. The van der Waals surface area contributed by atoms with Crippen molar-refractivity contribution in [2.24, 2.45) is 5.92 Å². The molecule has 0 radical (unpaired) electrons. The van der Waals surface area contributed by atoms with Crippen molar-refractivity contribution in [1.82, 2.24) is 9.38 Å². The van der Waals surface area contributed by atoms with E-state index in [1.165, 1.54) is 4.40 Å². The normalized spacial score (nSPS) is 12.1. The van der Waals surface area contributed by atoms with Crippen LogP contribution >= 0.6 is 0 Å². The number of rotatable bonds is 5. The Morgan fingerprint density at radius 3 is 2.95 bits per heavy atom. The smallest absolute Gasteiger partial charge is 0.358 e. The van der Waals surface area contributed by atoms with Crippen LogP contribution in [0.25, 0.3) is 5.65 Å². The van der Waals surface area contributed by atoms with Gasteiger partial charge in [-0.3, -0.25) is 0 Å². The summed E-state index contributed by atoms with van der Waals surface area (Å²) in [5.41, 5.74) is 0.525. The maximum Gasteiger partial charge on any atom is 0.372 e. The SMILES string of the molecule is CCN(C[C@H](C)C#N)c1nc2ccccn2c1[N+](=O)[O-]. The summed E-state index contributed by atoms with van der Waals surface area (Å²) in [7, 11) is 0. The van der Waals surface area contributed by atoms with Gasteiger partial charge in [0, 0.05) is 19.2 Å². The quantitative estimate of drug-likeness (QED) is 0.615. The standard InChI is InChI=1S/C13H15N5O2/c1-3-16(9-10(2)8-14)12-13(18(19)20)17-7-5-4-6-11(17)15-12/h4-7,10H,3,9H2,1-2H3/t10-/m1/s1. The van der Waals surface area contributed by atoms with Gasteiger partial charge in [-0.05, 0) is 24.8 Å². The molecule has 7 nitrogen and oxygen atoms in total. The molecule has 20 heavy (non-hydrogen) atoms. The van der Waals surface area contributed by atoms with Crippen LogP contribution in [-0.2, 0) is 0 Å². The second-order valence-corrected chi connectivity index (χ2v) is 4.51. The molecular formula is C13H15N5O2. The summed E-state index contributed by atoms with van der Waals surface area (Å²) in [6.45, 7) is 4.64. The Hall–Kier alpha value is -2.62. The Morgan fingerprint density at radius 2 is 2.35 bits per heavy atom. The Morgan fingerprint density at radius 1 is 1.60 bits per heavy atom. The first-order chi connectivity index (χ1) is 9.58. The van der Waals surface area contributed by atoms with Crippen LogP contribution in [0.15, 0.2) is 24.4 Å². The van der Waals surface area contributed by atoms with E-state index in [0.29, 0.717) is 24.6 Å². The number of nitro groups is 1. The minimum Gasteiger partial charge on any atom is -0.358 e. The molecule has 0 saturated heterocycles. The largest absolute Gasteiger partial charge is 0.372 e. The first kappa shape index (κ1) is 13.8. The second kappa shape index (κ2) is 5.57. The highest BCUT2D eigenvalue weighted by atomic mass is 16.6. The molecule has 2 aromatic heterocycles. The number of fused-ring (bicyclic) bond motifs is 1. The number of hydrogen-bond donors (Lipinski definition) is 0. The van der Waals surface area contributed by atoms with Gasteiger partial charge < -0.3 is 15.0 Å². The lowest BCUT2D eigenvalue weighted by molar-refractivity contribution is -0.389. The fourth-order valence-corrected chi connectivity index (χ4v) is 2.09. The molecule has 0 fully saturated rings. The van der Waals surface area contributed by atoms with E-state index in [9.17, 15) is 10.1 Å². The molecule has 0 amide bonds. The van der Waals surface area contributed by atoms with Crippen LogP contribution in [0.1, 0.15) is 13.8 Å². The van der Waals surface area contributed by atoms with Gasteiger partial charge >= 0.3 is 5.82 Å². The van der Waals surface area contributed by atoms with Crippen molar-refractivity contribution in [3.05, 3.63) is 34.5 Å². The van der Waals surface area contributed by atoms with Crippen molar-refractivity contribution >= 4 is 17.3 Å². The average Bonchev–Trinajstić information content (AvgIpc) is 2.83. The van der Waals surface area contributed by atoms with E-state index in [2.05, 4.69) is 11.1 Å². The average molecular weight is 273 g/mol. The fraction of sp³-hybridized carbons (Fsp3) is 0.385. The number of nitrogens with zero attached hydrogens (tertiary/aromatic N) is 5. The first-order valence-electron chi connectivity index (χ1n) is 6.34. The summed E-state index contributed by atoms with van der Waals surface area (Å²) in [6.07, 6.45) is 1.62. The fourth-order valence-electron chi connectivity index (χ4n) is 2.09. The molecular weight excluding hydrogens is 258 g/mol. The van der Waals surface area contributed by atoms with Crippen LogP contribution in [0, 0.1) is 27.4 Å². The molecule has 0 aromatic carbocycles. The third kappa shape index (κ3) is 2.40. The molecule has 0 bridgehead atoms. The second-order valence-electron chi connectivity index (χ2n) is 4.51. The Balaban J connectivity index is 2.54. The van der Waals surface area contributed by atoms with Crippen LogP contribution in [0.5, 0.6) is 0 Å². The van der Waals surface area contributed by atoms with Crippen LogP contribution in [0.4, 0.5) is 11.6 Å². The minimum atomic E-state index is -0.435. The molecule has 2 rings (SSSR count). The molecule has 0 saturated carbocycles. The highest BCUT2D eigenvalue weighted by molar-refractivity contribution is 5.63. The highest BCUT2D eigenvalue weighted by Gasteiger charge is 2.26. The van der Waals surface area contributed by atoms with Gasteiger partial charge in [-0.15, -0.1) is 0 Å². The molecule has 2 heterocycles. The molecule has 0 aliphatic rings. The number of aromatic nitrogens is 2. The number of hydrogen-bond acceptors (Lipinski definition) is 5. The van der Waals surface area contributed by atoms with Crippen LogP contribution < -0.4 is 4.90 Å². The summed E-state index contributed by atoms with van der Waals surface area (Å²) in [5.74, 6) is 0.0257. The van der Waals surface area contributed by atoms with Crippen molar-refractivity contribution in [3.63, 3.8) is 0 Å². The summed E-state index contributed by atoms with van der Waals surface area (Å²) in [4.78, 5) is 17.0. The Kier molecular flexibility index (Phi) is 3.84. The van der Waals surface area contributed by atoms with E-state index in [1.54, 1.807) is 36.2 Å². The zero-order valence-corrected chi connectivity index (χ0v) is 11.4. The van der Waals surface area contributed by atoms with Crippen molar-refractivity contribution in [2.45, 2.75) is 13.8 Å². The topological polar surface area (TPSA) is 87.5 Å². The highest BCUT2D eigenvalue weighted by Crippen LogP contribution is 2.29. The van der Waals surface area contributed by atoms with Crippen molar-refractivity contribution < 1.29 is 4.92 Å². The van der Waals surface area contributed by atoms with Crippen LogP contribution in [-0.4, -0.2) is 27.4 Å². The predicted molar refractivity (Wildman–Crippen MR) is 74.5 cm³/mol. The molecule has 7 heteroatoms. The predicted octanol–water partition coefficient (Wildman–Crippen LogP) is 2.23. The van der Waals surface area contributed by atoms with E-state index >= 15 is 0 Å². The maximum absolute atomic E-state index is 11.3. The number of imidazole rings is 1. The van der Waals surface area contributed by atoms with Gasteiger partial charge in [0.2, 0.25) is 11.5 Å². The lowest BCUT2D eigenvalue weighted by Gasteiger charge is -2.20. The minimum absolute atomic E-state index is 0.0624. The number of pyridine rings is 1. The lowest BCUT2D eigenvalue weighted by atomic mass is 10.2. The van der Waals surface area contributed by atoms with Crippen LogP contribution in [0.2, 0.25) is 0 Å². The van der Waals surface area contributed by atoms with Gasteiger partial charge in [0.05, 0.1) is 18.2 Å². The van der Waals surface area contributed by atoms with E-state index in [4.69, 9.17) is 5.26 Å². The molecule has 0 unspecified atom stereocenters. The van der Waals surface area contributed by atoms with E-state index in [-0.39, 0.29) is 11.7 Å². The van der Waals surface area contributed by atoms with Gasteiger partial charge in [0.25, 0.3) is 0 Å². The number of nitriles is 1. The van der Waals surface area contributed by atoms with Gasteiger partial charge in [-0.25, -0.2) is 0 Å². The number of anilines is 1. The molecule has 0 N–H and O–H groups in total. The maximum atomic E-state index is 11.3. The Labute approximate surface area is 116 Å². The van der Waals surface area contributed by atoms with Crippen molar-refractivity contribution in [2.75, 3.05) is 18.0 Å². The third-order valence-corrected chi connectivity index (χ3v) is 3.06. The first-order valence-corrected chi connectivity index (χ1v) is 6.34. The molecule has 0 aliphatic heterocycles. The van der Waals surface area contributed by atoms with Gasteiger partial charge in [-0.1, -0.05) is 6.07 Å². The summed E-state index contributed by atoms with van der Waals surface area (Å²) >= 11 is 0. The molecule has 0 spiro atoms. The van der Waals surface area contributed by atoms with E-state index < -0.39 is 4.92 Å². The Bertz CT molecular complexity index is 673. The monoisotopic (exact) mass is 273 g/mol. The van der Waals surface area contributed by atoms with E-state index in [0.717, 1.165) is 0 Å². The molecule has 0 aliphatic carbocycles. The molecule has 2 aromatic rings. The molecule has 104 valence electrons. The van der Waals surface area contributed by atoms with Gasteiger partial charge in [0.1, 0.15) is 0 Å². The van der Waals surface area contributed by atoms with Crippen LogP contribution in [0.3, 0.4) is 0 Å². The summed E-state index contributed by atoms with van der Waals surface area (Å²) in [5, 5.41) is 20.2. The van der Waals surface area contributed by atoms with E-state index in [1.807, 2.05) is 6.92 Å². The summed E-state index contributed by atoms with van der Waals surface area (Å²) < 4.78 is 1.45. The zero-order valence-electron chi connectivity index (χ0n) is 11.4. The van der Waals surface area contributed by atoms with Crippen molar-refractivity contribution in [3.8, 4) is 6.07 Å². The third-order valence-electron chi connectivity index (χ3n) is 3.06.